The van der Waals surface area contributed by atoms with Gasteiger partial charge in [-0.1, -0.05) is 0 Å². The van der Waals surface area contributed by atoms with Crippen LogP contribution in [0.5, 0.6) is 5.88 Å². The highest BCUT2D eigenvalue weighted by molar-refractivity contribution is 7.90. The first-order valence-electron chi connectivity index (χ1n) is 6.32. The number of hydrogen-bond acceptors (Lipinski definition) is 6. The molecular weight excluding hydrogens is 318 g/mol. The molecule has 0 atom stereocenters. The van der Waals surface area contributed by atoms with Gasteiger partial charge in [0.2, 0.25) is 10.9 Å². The summed E-state index contributed by atoms with van der Waals surface area (Å²) in [6.07, 6.45) is -0.711. The first kappa shape index (κ1) is 16.3. The van der Waals surface area contributed by atoms with Crippen LogP contribution in [0.25, 0.3) is 0 Å². The summed E-state index contributed by atoms with van der Waals surface area (Å²) in [7, 11) is -3.88. The van der Waals surface area contributed by atoms with Crippen LogP contribution in [0.15, 0.2) is 23.4 Å². The van der Waals surface area contributed by atoms with Crippen molar-refractivity contribution in [3.05, 3.63) is 29.6 Å². The predicted molar refractivity (Wildman–Crippen MR) is 72.6 cm³/mol. The summed E-state index contributed by atoms with van der Waals surface area (Å²) >= 11 is 0. The molecule has 0 spiro atoms. The lowest BCUT2D eigenvalue weighted by molar-refractivity contribution is 0.141. The average Bonchev–Trinajstić information content (AvgIpc) is 2.84. The molecule has 0 aliphatic rings. The third-order valence-corrected chi connectivity index (χ3v) is 3.62. The van der Waals surface area contributed by atoms with E-state index in [1.807, 2.05) is 0 Å². The Bertz CT molecular complexity index is 761. The summed E-state index contributed by atoms with van der Waals surface area (Å²) < 4.78 is 53.9. The van der Waals surface area contributed by atoms with Gasteiger partial charge < -0.3 is 4.74 Å². The van der Waals surface area contributed by atoms with Crippen LogP contribution in [0.3, 0.4) is 0 Å². The molecule has 2 heterocycles. The molecule has 10 heteroatoms. The fourth-order valence-corrected chi connectivity index (χ4v) is 2.51. The summed E-state index contributed by atoms with van der Waals surface area (Å²) in [6, 6.07) is 3.24. The molecule has 0 bridgehead atoms. The Morgan fingerprint density at radius 1 is 1.36 bits per heavy atom. The van der Waals surface area contributed by atoms with Gasteiger partial charge in [-0.2, -0.15) is 9.90 Å². The Morgan fingerprint density at radius 3 is 2.64 bits per heavy atom. The van der Waals surface area contributed by atoms with Gasteiger partial charge >= 0.3 is 0 Å². The van der Waals surface area contributed by atoms with E-state index in [0.717, 1.165) is 11.1 Å². The maximum Gasteiger partial charge on any atom is 0.285 e. The molecule has 0 unspecified atom stereocenters. The largest absolute Gasteiger partial charge is 0.478 e. The van der Waals surface area contributed by atoms with Gasteiger partial charge in [-0.15, -0.1) is 5.10 Å². The molecule has 0 radical (unpaired) electrons. The zero-order chi connectivity index (χ0) is 16.3. The lowest BCUT2D eigenvalue weighted by Gasteiger charge is -2.04. The molecule has 0 N–H and O–H groups in total. The zero-order valence-corrected chi connectivity index (χ0v) is 12.7. The van der Waals surface area contributed by atoms with Crippen LogP contribution < -0.4 is 4.74 Å². The molecule has 0 aromatic carbocycles. The van der Waals surface area contributed by atoms with Crippen LogP contribution in [0.1, 0.15) is 24.6 Å². The monoisotopic (exact) mass is 332 g/mol. The third kappa shape index (κ3) is 3.75. The molecule has 2 aromatic heterocycles. The highest BCUT2D eigenvalue weighted by Crippen LogP contribution is 2.23. The van der Waals surface area contributed by atoms with E-state index in [-0.39, 0.29) is 6.54 Å². The molecule has 0 amide bonds. The van der Waals surface area contributed by atoms with Crippen molar-refractivity contribution in [1.82, 2.24) is 20.0 Å². The van der Waals surface area contributed by atoms with Crippen molar-refractivity contribution in [3.63, 3.8) is 0 Å². The lowest BCUT2D eigenvalue weighted by Crippen LogP contribution is -2.06. The van der Waals surface area contributed by atoms with Gasteiger partial charge in [0.25, 0.3) is 6.43 Å². The maximum absolute atomic E-state index is 12.9. The second-order valence-electron chi connectivity index (χ2n) is 4.43. The van der Waals surface area contributed by atoms with Gasteiger partial charge in [-0.25, -0.2) is 22.2 Å². The van der Waals surface area contributed by atoms with E-state index < -0.39 is 27.0 Å². The van der Waals surface area contributed by atoms with Crippen LogP contribution in [-0.2, 0) is 16.4 Å². The Balaban J connectivity index is 2.32. The minimum atomic E-state index is -3.88. The molecular formula is C12H14F2N4O3S. The first-order chi connectivity index (χ1) is 10.3. The number of halogens is 2. The van der Waals surface area contributed by atoms with Crippen LogP contribution in [0, 0.1) is 0 Å². The van der Waals surface area contributed by atoms with Crippen molar-refractivity contribution in [1.29, 1.82) is 0 Å². The second-order valence-corrected chi connectivity index (χ2v) is 6.36. The number of alkyl halides is 2. The standard InChI is InChI=1S/C12H14F2N4O3S/c1-3-21-9-6-8(4-5-15-9)7-18-16-10(11(13)14)12(17-18)22(2,19)20/h4-6,11H,3,7H2,1-2H3. The zero-order valence-electron chi connectivity index (χ0n) is 11.9. The average molecular weight is 332 g/mol. The van der Waals surface area contributed by atoms with Crippen molar-refractivity contribution in [2.45, 2.75) is 24.9 Å². The summed E-state index contributed by atoms with van der Waals surface area (Å²) in [4.78, 5) is 4.89. The van der Waals surface area contributed by atoms with E-state index in [9.17, 15) is 17.2 Å². The Labute approximate surface area is 125 Å². The van der Waals surface area contributed by atoms with Gasteiger partial charge in [-0.05, 0) is 18.6 Å². The van der Waals surface area contributed by atoms with E-state index in [1.165, 1.54) is 6.20 Å². The fraction of sp³-hybridized carbons (Fsp3) is 0.417. The highest BCUT2D eigenvalue weighted by Gasteiger charge is 2.26. The van der Waals surface area contributed by atoms with E-state index in [4.69, 9.17) is 4.74 Å². The van der Waals surface area contributed by atoms with E-state index in [1.54, 1.807) is 19.1 Å². The van der Waals surface area contributed by atoms with Crippen molar-refractivity contribution in [2.24, 2.45) is 0 Å². The minimum absolute atomic E-state index is 0.0256. The molecule has 0 fully saturated rings. The highest BCUT2D eigenvalue weighted by atomic mass is 32.2. The van der Waals surface area contributed by atoms with E-state index >= 15 is 0 Å². The smallest absolute Gasteiger partial charge is 0.285 e. The Kier molecular flexibility index (Phi) is 4.69. The summed E-state index contributed by atoms with van der Waals surface area (Å²) in [5, 5.41) is 6.51. The molecule has 0 aliphatic heterocycles. The van der Waals surface area contributed by atoms with Crippen LogP contribution >= 0.6 is 0 Å². The Morgan fingerprint density at radius 2 is 2.09 bits per heavy atom. The van der Waals surface area contributed by atoms with Gasteiger partial charge in [0, 0.05) is 18.5 Å². The number of ether oxygens (including phenoxy) is 1. The summed E-state index contributed by atoms with van der Waals surface area (Å²) in [5.41, 5.74) is -0.198. The fourth-order valence-electron chi connectivity index (χ4n) is 1.76. The SMILES string of the molecule is CCOc1cc(Cn2nc(C(F)F)c(S(C)(=O)=O)n2)ccn1. The Hall–Kier alpha value is -2.10. The minimum Gasteiger partial charge on any atom is -0.478 e. The molecule has 7 nitrogen and oxygen atoms in total. The third-order valence-electron chi connectivity index (χ3n) is 2.62. The molecule has 0 saturated heterocycles. The van der Waals surface area contributed by atoms with Gasteiger partial charge in [0.15, 0.2) is 15.5 Å². The first-order valence-corrected chi connectivity index (χ1v) is 8.21. The van der Waals surface area contributed by atoms with Crippen molar-refractivity contribution >= 4 is 9.84 Å². The molecule has 22 heavy (non-hydrogen) atoms. The van der Waals surface area contributed by atoms with Gasteiger partial charge in [0.1, 0.15) is 0 Å². The number of rotatable bonds is 6. The topological polar surface area (TPSA) is 87.0 Å². The summed E-state index contributed by atoms with van der Waals surface area (Å²) in [6.45, 7) is 2.26. The molecule has 2 aromatic rings. The number of pyridine rings is 1. The lowest BCUT2D eigenvalue weighted by atomic mass is 10.3. The second kappa shape index (κ2) is 6.34. The van der Waals surface area contributed by atoms with Crippen LogP contribution in [-0.4, -0.2) is 41.3 Å². The molecule has 0 saturated carbocycles. The van der Waals surface area contributed by atoms with Crippen LogP contribution in [0.4, 0.5) is 8.78 Å². The number of nitrogens with zero attached hydrogens (tertiary/aromatic N) is 4. The number of hydrogen-bond donors (Lipinski definition) is 0. The number of sulfone groups is 1. The molecule has 0 aliphatic carbocycles. The van der Waals surface area contributed by atoms with Gasteiger partial charge in [-0.3, -0.25) is 0 Å². The maximum atomic E-state index is 12.9. The van der Waals surface area contributed by atoms with Crippen molar-refractivity contribution in [2.75, 3.05) is 12.9 Å². The molecule has 2 rings (SSSR count). The van der Waals surface area contributed by atoms with E-state index in [0.29, 0.717) is 18.1 Å². The van der Waals surface area contributed by atoms with Crippen molar-refractivity contribution in [3.8, 4) is 5.88 Å². The summed E-state index contributed by atoms with van der Waals surface area (Å²) in [5.74, 6) is 0.379. The molecule has 120 valence electrons. The van der Waals surface area contributed by atoms with Crippen molar-refractivity contribution < 1.29 is 21.9 Å². The van der Waals surface area contributed by atoms with E-state index in [2.05, 4.69) is 15.2 Å². The normalized spacial score (nSPS) is 11.9. The predicted octanol–water partition coefficient (Wildman–Crippen LogP) is 1.46. The van der Waals surface area contributed by atoms with Crippen LogP contribution in [0.2, 0.25) is 0 Å². The van der Waals surface area contributed by atoms with Gasteiger partial charge in [0.05, 0.1) is 13.2 Å². The quantitative estimate of drug-likeness (QED) is 0.796. The number of aromatic nitrogens is 4.